The third kappa shape index (κ3) is 2.61. The van der Waals surface area contributed by atoms with Crippen molar-refractivity contribution >= 4 is 0 Å². The molecule has 0 spiro atoms. The van der Waals surface area contributed by atoms with Crippen LogP contribution >= 0.6 is 0 Å². The van der Waals surface area contributed by atoms with Crippen molar-refractivity contribution in [3.63, 3.8) is 0 Å². The lowest BCUT2D eigenvalue weighted by atomic mass is 9.96. The van der Waals surface area contributed by atoms with Crippen LogP contribution in [0.5, 0.6) is 5.75 Å². The van der Waals surface area contributed by atoms with E-state index in [9.17, 15) is 0 Å². The summed E-state index contributed by atoms with van der Waals surface area (Å²) in [6.07, 6.45) is 1.17. The summed E-state index contributed by atoms with van der Waals surface area (Å²) in [5.74, 6) is 1.74. The predicted molar refractivity (Wildman–Crippen MR) is 68.4 cm³/mol. The van der Waals surface area contributed by atoms with E-state index in [1.165, 1.54) is 31.6 Å². The molecule has 1 fully saturated rings. The molecule has 1 unspecified atom stereocenters. The van der Waals surface area contributed by atoms with E-state index in [1.54, 1.807) is 0 Å². The second kappa shape index (κ2) is 5.07. The molecule has 1 N–H and O–H groups in total. The van der Waals surface area contributed by atoms with Gasteiger partial charge in [0.15, 0.2) is 0 Å². The molecule has 1 aromatic carbocycles. The molecular formula is C14H20N2O. The largest absolute Gasteiger partial charge is 0.493 e. The van der Waals surface area contributed by atoms with Crippen LogP contribution in [0.1, 0.15) is 5.56 Å². The molecule has 2 aliphatic heterocycles. The maximum absolute atomic E-state index is 5.84. The summed E-state index contributed by atoms with van der Waals surface area (Å²) in [4.78, 5) is 2.55. The number of hydrogen-bond acceptors (Lipinski definition) is 3. The van der Waals surface area contributed by atoms with Crippen molar-refractivity contribution in [2.45, 2.75) is 6.42 Å². The first-order valence-electron chi connectivity index (χ1n) is 6.55. The van der Waals surface area contributed by atoms with Gasteiger partial charge in [-0.2, -0.15) is 0 Å². The van der Waals surface area contributed by atoms with E-state index in [1.807, 2.05) is 0 Å². The van der Waals surface area contributed by atoms with E-state index in [0.717, 1.165) is 25.4 Å². The van der Waals surface area contributed by atoms with Gasteiger partial charge in [-0.1, -0.05) is 18.2 Å². The lowest BCUT2D eigenvalue weighted by Crippen LogP contribution is -2.46. The van der Waals surface area contributed by atoms with Gasteiger partial charge in [0.1, 0.15) is 5.75 Å². The number of nitrogens with one attached hydrogen (secondary N) is 1. The zero-order valence-electron chi connectivity index (χ0n) is 10.2. The van der Waals surface area contributed by atoms with Gasteiger partial charge in [-0.3, -0.25) is 0 Å². The molecule has 17 heavy (non-hydrogen) atoms. The molecule has 1 saturated heterocycles. The summed E-state index contributed by atoms with van der Waals surface area (Å²) in [5, 5.41) is 3.39. The van der Waals surface area contributed by atoms with Gasteiger partial charge in [0.2, 0.25) is 0 Å². The SMILES string of the molecule is c1ccc2c(c1)CC(CN1CCNCC1)CO2. The van der Waals surface area contributed by atoms with Gasteiger partial charge in [0, 0.05) is 38.6 Å². The summed E-state index contributed by atoms with van der Waals surface area (Å²) in [6, 6.07) is 8.43. The molecule has 0 aliphatic carbocycles. The van der Waals surface area contributed by atoms with Gasteiger partial charge in [-0.15, -0.1) is 0 Å². The Morgan fingerprint density at radius 3 is 2.94 bits per heavy atom. The smallest absolute Gasteiger partial charge is 0.122 e. The van der Waals surface area contributed by atoms with Crippen molar-refractivity contribution in [3.05, 3.63) is 29.8 Å². The minimum absolute atomic E-state index is 0.656. The van der Waals surface area contributed by atoms with Crippen molar-refractivity contribution in [2.24, 2.45) is 5.92 Å². The monoisotopic (exact) mass is 232 g/mol. The molecule has 1 aromatic rings. The van der Waals surface area contributed by atoms with Crippen molar-refractivity contribution in [2.75, 3.05) is 39.3 Å². The summed E-state index contributed by atoms with van der Waals surface area (Å²) < 4.78 is 5.84. The van der Waals surface area contributed by atoms with Crippen molar-refractivity contribution < 1.29 is 4.74 Å². The van der Waals surface area contributed by atoms with E-state index in [4.69, 9.17) is 4.74 Å². The molecule has 92 valence electrons. The maximum atomic E-state index is 5.84. The number of ether oxygens (including phenoxy) is 1. The number of hydrogen-bond donors (Lipinski definition) is 1. The minimum atomic E-state index is 0.656. The van der Waals surface area contributed by atoms with Gasteiger partial charge >= 0.3 is 0 Å². The Balaban J connectivity index is 1.60. The Morgan fingerprint density at radius 1 is 1.24 bits per heavy atom. The zero-order chi connectivity index (χ0) is 11.5. The van der Waals surface area contributed by atoms with Crippen LogP contribution in [0.3, 0.4) is 0 Å². The summed E-state index contributed by atoms with van der Waals surface area (Å²) >= 11 is 0. The Morgan fingerprint density at radius 2 is 2.06 bits per heavy atom. The quantitative estimate of drug-likeness (QED) is 0.827. The zero-order valence-corrected chi connectivity index (χ0v) is 10.2. The van der Waals surface area contributed by atoms with E-state index in [2.05, 4.69) is 34.5 Å². The Bertz CT molecular complexity index is 374. The second-order valence-corrected chi connectivity index (χ2v) is 5.04. The minimum Gasteiger partial charge on any atom is -0.493 e. The molecule has 3 rings (SSSR count). The van der Waals surface area contributed by atoms with Gasteiger partial charge in [0.25, 0.3) is 0 Å². The molecule has 2 aliphatic rings. The van der Waals surface area contributed by atoms with E-state index < -0.39 is 0 Å². The third-order valence-corrected chi connectivity index (χ3v) is 3.68. The van der Waals surface area contributed by atoms with Crippen molar-refractivity contribution in [1.82, 2.24) is 10.2 Å². The van der Waals surface area contributed by atoms with E-state index in [0.29, 0.717) is 5.92 Å². The van der Waals surface area contributed by atoms with Gasteiger partial charge in [-0.25, -0.2) is 0 Å². The van der Waals surface area contributed by atoms with Crippen LogP contribution in [-0.2, 0) is 6.42 Å². The number of piperazine rings is 1. The van der Waals surface area contributed by atoms with E-state index >= 15 is 0 Å². The number of rotatable bonds is 2. The van der Waals surface area contributed by atoms with Crippen LogP contribution in [0, 0.1) is 5.92 Å². The molecule has 3 heteroatoms. The number of fused-ring (bicyclic) bond motifs is 1. The molecule has 0 bridgehead atoms. The second-order valence-electron chi connectivity index (χ2n) is 5.04. The van der Waals surface area contributed by atoms with Crippen molar-refractivity contribution in [1.29, 1.82) is 0 Å². The standard InChI is InChI=1S/C14H20N2O/c1-2-4-14-13(3-1)9-12(11-17-14)10-16-7-5-15-6-8-16/h1-4,12,15H,5-11H2. The molecule has 0 amide bonds. The fourth-order valence-corrected chi connectivity index (χ4v) is 2.77. The Hall–Kier alpha value is -1.06. The topological polar surface area (TPSA) is 24.5 Å². The number of para-hydroxylation sites is 1. The molecule has 0 radical (unpaired) electrons. The first kappa shape index (κ1) is 11.1. The first-order valence-corrected chi connectivity index (χ1v) is 6.55. The van der Waals surface area contributed by atoms with Crippen LogP contribution < -0.4 is 10.1 Å². The highest BCUT2D eigenvalue weighted by Crippen LogP contribution is 2.27. The highest BCUT2D eigenvalue weighted by molar-refractivity contribution is 5.35. The fourth-order valence-electron chi connectivity index (χ4n) is 2.77. The lowest BCUT2D eigenvalue weighted by Gasteiger charge is -2.33. The molecular weight excluding hydrogens is 212 g/mol. The van der Waals surface area contributed by atoms with Crippen LogP contribution in [-0.4, -0.2) is 44.2 Å². The van der Waals surface area contributed by atoms with E-state index in [-0.39, 0.29) is 0 Å². The maximum Gasteiger partial charge on any atom is 0.122 e. The fraction of sp³-hybridized carbons (Fsp3) is 0.571. The van der Waals surface area contributed by atoms with Gasteiger partial charge in [-0.05, 0) is 18.1 Å². The van der Waals surface area contributed by atoms with Crippen LogP contribution in [0.4, 0.5) is 0 Å². The number of nitrogens with zero attached hydrogens (tertiary/aromatic N) is 1. The Labute approximate surface area is 103 Å². The first-order chi connectivity index (χ1) is 8.42. The summed E-state index contributed by atoms with van der Waals surface area (Å²) in [7, 11) is 0. The van der Waals surface area contributed by atoms with Crippen LogP contribution in [0.25, 0.3) is 0 Å². The van der Waals surface area contributed by atoms with Crippen LogP contribution in [0.15, 0.2) is 24.3 Å². The molecule has 1 atom stereocenters. The van der Waals surface area contributed by atoms with Crippen LogP contribution in [0.2, 0.25) is 0 Å². The summed E-state index contributed by atoms with van der Waals surface area (Å²) in [5.41, 5.74) is 1.37. The molecule has 0 aromatic heterocycles. The van der Waals surface area contributed by atoms with Gasteiger partial charge in [0.05, 0.1) is 6.61 Å². The Kier molecular flexibility index (Phi) is 3.29. The summed E-state index contributed by atoms with van der Waals surface area (Å²) in [6.45, 7) is 6.67. The average Bonchev–Trinajstić information content (AvgIpc) is 2.40. The molecule has 0 saturated carbocycles. The van der Waals surface area contributed by atoms with Gasteiger partial charge < -0.3 is 15.0 Å². The average molecular weight is 232 g/mol. The predicted octanol–water partition coefficient (Wildman–Crippen LogP) is 1.14. The highest BCUT2D eigenvalue weighted by Gasteiger charge is 2.22. The number of benzene rings is 1. The van der Waals surface area contributed by atoms with Crippen molar-refractivity contribution in [3.8, 4) is 5.75 Å². The lowest BCUT2D eigenvalue weighted by molar-refractivity contribution is 0.149. The molecule has 3 nitrogen and oxygen atoms in total. The highest BCUT2D eigenvalue weighted by atomic mass is 16.5. The normalized spacial score (nSPS) is 25.1. The molecule has 2 heterocycles. The third-order valence-electron chi connectivity index (χ3n) is 3.68.